The number of rotatable bonds is 6. The Kier molecular flexibility index (Phi) is 5.07. The summed E-state index contributed by atoms with van der Waals surface area (Å²) >= 11 is 0. The quantitative estimate of drug-likeness (QED) is 0.880. The van der Waals surface area contributed by atoms with Crippen LogP contribution in [0.5, 0.6) is 0 Å². The van der Waals surface area contributed by atoms with Crippen LogP contribution in [-0.2, 0) is 13.0 Å². The number of benzene rings is 1. The molecule has 0 fully saturated rings. The molecule has 106 valence electrons. The first kappa shape index (κ1) is 14.5. The molecule has 0 atom stereocenters. The number of nitrogens with two attached hydrogens (primary N) is 1. The van der Waals surface area contributed by atoms with Crippen molar-refractivity contribution in [3.8, 4) is 0 Å². The van der Waals surface area contributed by atoms with Gasteiger partial charge in [0.1, 0.15) is 5.82 Å². The molecule has 20 heavy (non-hydrogen) atoms. The maximum absolute atomic E-state index is 14.2. The van der Waals surface area contributed by atoms with Crippen molar-refractivity contribution in [1.82, 2.24) is 4.98 Å². The Bertz CT molecular complexity index is 543. The van der Waals surface area contributed by atoms with Gasteiger partial charge in [0.25, 0.3) is 0 Å². The van der Waals surface area contributed by atoms with Crippen LogP contribution < -0.4 is 10.6 Å². The standard InChI is InChI=1S/C16H20FN3/c1-2-20(12-14-6-9-19-10-7-14)16-4-3-13(5-8-18)11-15(16)17/h3-4,6-7,9-11H,2,5,8,12,18H2,1H3. The van der Waals surface area contributed by atoms with Crippen molar-refractivity contribution >= 4 is 5.69 Å². The third-order valence-electron chi connectivity index (χ3n) is 3.29. The molecule has 0 bridgehead atoms. The van der Waals surface area contributed by atoms with E-state index in [-0.39, 0.29) is 5.82 Å². The zero-order chi connectivity index (χ0) is 14.4. The van der Waals surface area contributed by atoms with Gasteiger partial charge in [-0.25, -0.2) is 4.39 Å². The van der Waals surface area contributed by atoms with E-state index in [0.29, 0.717) is 25.2 Å². The van der Waals surface area contributed by atoms with Crippen molar-refractivity contribution in [2.24, 2.45) is 5.73 Å². The monoisotopic (exact) mass is 273 g/mol. The zero-order valence-corrected chi connectivity index (χ0v) is 11.7. The minimum absolute atomic E-state index is 0.188. The van der Waals surface area contributed by atoms with Gasteiger partial charge < -0.3 is 10.6 Å². The van der Waals surface area contributed by atoms with Gasteiger partial charge in [0, 0.05) is 25.5 Å². The van der Waals surface area contributed by atoms with Crippen LogP contribution in [0.25, 0.3) is 0 Å². The fourth-order valence-corrected chi connectivity index (χ4v) is 2.20. The predicted molar refractivity (Wildman–Crippen MR) is 80.1 cm³/mol. The Morgan fingerprint density at radius 2 is 1.90 bits per heavy atom. The van der Waals surface area contributed by atoms with E-state index < -0.39 is 0 Å². The lowest BCUT2D eigenvalue weighted by Gasteiger charge is -2.24. The van der Waals surface area contributed by atoms with E-state index in [2.05, 4.69) is 4.98 Å². The van der Waals surface area contributed by atoms with Gasteiger partial charge in [-0.3, -0.25) is 4.98 Å². The van der Waals surface area contributed by atoms with Crippen LogP contribution in [0, 0.1) is 5.82 Å². The average molecular weight is 273 g/mol. The van der Waals surface area contributed by atoms with Gasteiger partial charge in [-0.2, -0.15) is 0 Å². The molecule has 1 heterocycles. The minimum Gasteiger partial charge on any atom is -0.365 e. The van der Waals surface area contributed by atoms with E-state index in [4.69, 9.17) is 5.73 Å². The van der Waals surface area contributed by atoms with Crippen molar-refractivity contribution in [3.63, 3.8) is 0 Å². The Labute approximate surface area is 119 Å². The Morgan fingerprint density at radius 1 is 1.15 bits per heavy atom. The zero-order valence-electron chi connectivity index (χ0n) is 11.7. The summed E-state index contributed by atoms with van der Waals surface area (Å²) in [5, 5.41) is 0. The summed E-state index contributed by atoms with van der Waals surface area (Å²) in [6.45, 7) is 3.98. The molecule has 0 saturated heterocycles. The largest absolute Gasteiger partial charge is 0.365 e. The Hall–Kier alpha value is -1.94. The van der Waals surface area contributed by atoms with E-state index in [1.807, 2.05) is 36.1 Å². The summed E-state index contributed by atoms with van der Waals surface area (Å²) in [4.78, 5) is 6.01. The summed E-state index contributed by atoms with van der Waals surface area (Å²) in [5.74, 6) is -0.188. The highest BCUT2D eigenvalue weighted by Gasteiger charge is 2.11. The van der Waals surface area contributed by atoms with Gasteiger partial charge in [-0.1, -0.05) is 6.07 Å². The average Bonchev–Trinajstić information content (AvgIpc) is 2.47. The highest BCUT2D eigenvalue weighted by molar-refractivity contribution is 5.49. The van der Waals surface area contributed by atoms with Crippen LogP contribution in [-0.4, -0.2) is 18.1 Å². The molecular weight excluding hydrogens is 253 g/mol. The molecule has 0 radical (unpaired) electrons. The van der Waals surface area contributed by atoms with E-state index in [9.17, 15) is 4.39 Å². The van der Waals surface area contributed by atoms with Crippen LogP contribution in [0.2, 0.25) is 0 Å². The number of aromatic nitrogens is 1. The molecule has 1 aromatic heterocycles. The molecule has 1 aromatic carbocycles. The fraction of sp³-hybridized carbons (Fsp3) is 0.312. The number of halogens is 1. The Morgan fingerprint density at radius 3 is 2.50 bits per heavy atom. The second kappa shape index (κ2) is 7.01. The maximum Gasteiger partial charge on any atom is 0.146 e. The van der Waals surface area contributed by atoms with Gasteiger partial charge in [-0.15, -0.1) is 0 Å². The van der Waals surface area contributed by atoms with Gasteiger partial charge in [0.15, 0.2) is 0 Å². The topological polar surface area (TPSA) is 42.2 Å². The second-order valence-electron chi connectivity index (χ2n) is 4.69. The number of hydrogen-bond donors (Lipinski definition) is 1. The van der Waals surface area contributed by atoms with Crippen LogP contribution in [0.15, 0.2) is 42.7 Å². The van der Waals surface area contributed by atoms with Crippen molar-refractivity contribution in [2.75, 3.05) is 18.0 Å². The molecule has 2 N–H and O–H groups in total. The van der Waals surface area contributed by atoms with Gasteiger partial charge >= 0.3 is 0 Å². The third-order valence-corrected chi connectivity index (χ3v) is 3.29. The second-order valence-corrected chi connectivity index (χ2v) is 4.69. The SMILES string of the molecule is CCN(Cc1ccncc1)c1ccc(CCN)cc1F. The molecule has 0 aliphatic heterocycles. The maximum atomic E-state index is 14.2. The number of anilines is 1. The molecule has 0 aliphatic carbocycles. The van der Waals surface area contributed by atoms with Crippen LogP contribution >= 0.6 is 0 Å². The summed E-state index contributed by atoms with van der Waals surface area (Å²) in [7, 11) is 0. The van der Waals surface area contributed by atoms with Crippen LogP contribution in [0.3, 0.4) is 0 Å². The van der Waals surface area contributed by atoms with Crippen molar-refractivity contribution in [3.05, 3.63) is 59.7 Å². The Balaban J connectivity index is 2.19. The summed E-state index contributed by atoms with van der Waals surface area (Å²) in [6, 6.07) is 9.26. The lowest BCUT2D eigenvalue weighted by molar-refractivity contribution is 0.615. The highest BCUT2D eigenvalue weighted by atomic mass is 19.1. The lowest BCUT2D eigenvalue weighted by atomic mass is 10.1. The molecule has 4 heteroatoms. The first-order valence-corrected chi connectivity index (χ1v) is 6.87. The van der Waals surface area contributed by atoms with Crippen molar-refractivity contribution in [2.45, 2.75) is 19.9 Å². The number of hydrogen-bond acceptors (Lipinski definition) is 3. The molecule has 0 unspecified atom stereocenters. The van der Waals surface area contributed by atoms with Crippen molar-refractivity contribution < 1.29 is 4.39 Å². The molecule has 2 aromatic rings. The van der Waals surface area contributed by atoms with Gasteiger partial charge in [-0.05, 0) is 55.3 Å². The summed E-state index contributed by atoms with van der Waals surface area (Å²) in [5.41, 5.74) is 8.18. The normalized spacial score (nSPS) is 10.6. The van der Waals surface area contributed by atoms with E-state index in [0.717, 1.165) is 17.7 Å². The van der Waals surface area contributed by atoms with E-state index in [1.165, 1.54) is 0 Å². The summed E-state index contributed by atoms with van der Waals surface area (Å²) in [6.07, 6.45) is 4.21. The lowest BCUT2D eigenvalue weighted by Crippen LogP contribution is -2.23. The number of pyridine rings is 1. The van der Waals surface area contributed by atoms with Gasteiger partial charge in [0.05, 0.1) is 5.69 Å². The molecule has 2 rings (SSSR count). The van der Waals surface area contributed by atoms with Crippen LogP contribution in [0.4, 0.5) is 10.1 Å². The molecule has 0 amide bonds. The summed E-state index contributed by atoms with van der Waals surface area (Å²) < 4.78 is 14.2. The van der Waals surface area contributed by atoms with E-state index >= 15 is 0 Å². The first-order chi connectivity index (χ1) is 9.74. The van der Waals surface area contributed by atoms with Gasteiger partial charge in [0.2, 0.25) is 0 Å². The fourth-order valence-electron chi connectivity index (χ4n) is 2.20. The van der Waals surface area contributed by atoms with E-state index in [1.54, 1.807) is 18.5 Å². The molecule has 0 spiro atoms. The molecule has 3 nitrogen and oxygen atoms in total. The smallest absolute Gasteiger partial charge is 0.146 e. The molecular formula is C16H20FN3. The number of nitrogens with zero attached hydrogens (tertiary/aromatic N) is 2. The third kappa shape index (κ3) is 3.54. The minimum atomic E-state index is -0.188. The predicted octanol–water partition coefficient (Wildman–Crippen LogP) is 2.75. The van der Waals surface area contributed by atoms with Crippen molar-refractivity contribution in [1.29, 1.82) is 0 Å². The highest BCUT2D eigenvalue weighted by Crippen LogP contribution is 2.22. The van der Waals surface area contributed by atoms with Crippen LogP contribution in [0.1, 0.15) is 18.1 Å². The molecule has 0 aliphatic rings. The first-order valence-electron chi connectivity index (χ1n) is 6.87. The molecule has 0 saturated carbocycles.